The first-order valence-corrected chi connectivity index (χ1v) is 4.47. The molecule has 1 N–H and O–H groups in total. The first-order valence-electron chi connectivity index (χ1n) is 4.47. The number of aromatic hydroxyl groups is 1. The lowest BCUT2D eigenvalue weighted by Gasteiger charge is -2.02. The van der Waals surface area contributed by atoms with Crippen LogP contribution in [0, 0.1) is 0 Å². The maximum atomic E-state index is 9.12. The van der Waals surface area contributed by atoms with Gasteiger partial charge in [-0.2, -0.15) is 4.98 Å². The molecule has 0 aliphatic rings. The fourth-order valence-corrected chi connectivity index (χ4v) is 1.12. The Labute approximate surface area is 87.0 Å². The third kappa shape index (κ3) is 1.90. The van der Waals surface area contributed by atoms with Crippen LogP contribution in [0.25, 0.3) is 11.5 Å². The number of phenols is 1. The van der Waals surface area contributed by atoms with E-state index in [1.165, 1.54) is 0 Å². The Bertz CT molecular complexity index is 448. The van der Waals surface area contributed by atoms with Crippen LogP contribution < -0.4 is 4.90 Å². The molecule has 0 unspecified atom stereocenters. The van der Waals surface area contributed by atoms with E-state index >= 15 is 0 Å². The summed E-state index contributed by atoms with van der Waals surface area (Å²) in [5.74, 6) is 1.18. The molecule has 0 amide bonds. The standard InChI is InChI=1S/C10H11N3O2/c1-13(2)10-11-9(15-12-10)7-3-5-8(14)6-4-7/h3-6,14H,1-2H3. The number of benzene rings is 1. The van der Waals surface area contributed by atoms with Crippen molar-refractivity contribution in [3.05, 3.63) is 24.3 Å². The van der Waals surface area contributed by atoms with Gasteiger partial charge in [-0.15, -0.1) is 0 Å². The molecule has 0 atom stereocenters. The molecule has 0 aliphatic heterocycles. The summed E-state index contributed by atoms with van der Waals surface area (Å²) >= 11 is 0. The van der Waals surface area contributed by atoms with Crippen molar-refractivity contribution in [2.24, 2.45) is 0 Å². The number of hydrogen-bond acceptors (Lipinski definition) is 5. The summed E-state index contributed by atoms with van der Waals surface area (Å²) < 4.78 is 5.07. The van der Waals surface area contributed by atoms with E-state index in [2.05, 4.69) is 10.1 Å². The Morgan fingerprint density at radius 3 is 2.40 bits per heavy atom. The second-order valence-electron chi connectivity index (χ2n) is 3.34. The maximum absolute atomic E-state index is 9.12. The number of nitrogens with zero attached hydrogens (tertiary/aromatic N) is 3. The van der Waals surface area contributed by atoms with Crippen LogP contribution in [0.4, 0.5) is 5.95 Å². The van der Waals surface area contributed by atoms with Gasteiger partial charge in [0.15, 0.2) is 0 Å². The van der Waals surface area contributed by atoms with E-state index in [0.29, 0.717) is 11.8 Å². The first kappa shape index (κ1) is 9.51. The molecule has 0 radical (unpaired) electrons. The highest BCUT2D eigenvalue weighted by atomic mass is 16.5. The third-order valence-electron chi connectivity index (χ3n) is 1.93. The number of anilines is 1. The Balaban J connectivity index is 2.33. The molecule has 0 aliphatic carbocycles. The van der Waals surface area contributed by atoms with Crippen LogP contribution in [0.2, 0.25) is 0 Å². The topological polar surface area (TPSA) is 62.4 Å². The average Bonchev–Trinajstić information content (AvgIpc) is 2.68. The van der Waals surface area contributed by atoms with E-state index in [-0.39, 0.29) is 5.75 Å². The molecule has 0 saturated carbocycles. The number of aromatic nitrogens is 2. The largest absolute Gasteiger partial charge is 0.508 e. The van der Waals surface area contributed by atoms with Crippen molar-refractivity contribution >= 4 is 5.95 Å². The van der Waals surface area contributed by atoms with E-state index in [1.807, 2.05) is 14.1 Å². The highest BCUT2D eigenvalue weighted by Gasteiger charge is 2.09. The van der Waals surface area contributed by atoms with E-state index in [9.17, 15) is 0 Å². The molecule has 0 saturated heterocycles. The zero-order chi connectivity index (χ0) is 10.8. The van der Waals surface area contributed by atoms with E-state index in [4.69, 9.17) is 9.63 Å². The maximum Gasteiger partial charge on any atom is 0.265 e. The van der Waals surface area contributed by atoms with Crippen molar-refractivity contribution in [3.8, 4) is 17.2 Å². The molecule has 5 heteroatoms. The van der Waals surface area contributed by atoms with Crippen molar-refractivity contribution in [1.82, 2.24) is 10.1 Å². The smallest absolute Gasteiger partial charge is 0.265 e. The molecule has 0 bridgehead atoms. The summed E-state index contributed by atoms with van der Waals surface area (Å²) in [4.78, 5) is 5.93. The van der Waals surface area contributed by atoms with Crippen LogP contribution in [0.1, 0.15) is 0 Å². The minimum atomic E-state index is 0.214. The van der Waals surface area contributed by atoms with Crippen LogP contribution in [0.15, 0.2) is 28.8 Å². The number of hydrogen-bond donors (Lipinski definition) is 1. The molecule has 2 aromatic rings. The molecule has 78 valence electrons. The predicted octanol–water partition coefficient (Wildman–Crippen LogP) is 1.51. The summed E-state index contributed by atoms with van der Waals surface area (Å²) in [6, 6.07) is 6.61. The van der Waals surface area contributed by atoms with Crippen LogP contribution in [-0.4, -0.2) is 29.3 Å². The minimum absolute atomic E-state index is 0.214. The Kier molecular flexibility index (Phi) is 2.29. The molecule has 1 aromatic carbocycles. The van der Waals surface area contributed by atoms with E-state index in [1.54, 1.807) is 29.2 Å². The zero-order valence-electron chi connectivity index (χ0n) is 8.51. The summed E-state index contributed by atoms with van der Waals surface area (Å²) in [7, 11) is 3.68. The van der Waals surface area contributed by atoms with Crippen molar-refractivity contribution in [2.75, 3.05) is 19.0 Å². The van der Waals surface area contributed by atoms with Crippen molar-refractivity contribution in [1.29, 1.82) is 0 Å². The van der Waals surface area contributed by atoms with Gasteiger partial charge in [-0.05, 0) is 29.4 Å². The van der Waals surface area contributed by atoms with Gasteiger partial charge in [0.25, 0.3) is 11.8 Å². The van der Waals surface area contributed by atoms with E-state index < -0.39 is 0 Å². The first-order chi connectivity index (χ1) is 7.16. The zero-order valence-corrected chi connectivity index (χ0v) is 8.51. The van der Waals surface area contributed by atoms with Gasteiger partial charge in [-0.25, -0.2) is 0 Å². The molecule has 5 nitrogen and oxygen atoms in total. The van der Waals surface area contributed by atoms with Gasteiger partial charge < -0.3 is 14.5 Å². The molecule has 0 spiro atoms. The van der Waals surface area contributed by atoms with Crippen LogP contribution in [0.5, 0.6) is 5.75 Å². The molecule has 15 heavy (non-hydrogen) atoms. The highest BCUT2D eigenvalue weighted by molar-refractivity contribution is 5.55. The summed E-state index contributed by atoms with van der Waals surface area (Å²) in [5, 5.41) is 12.9. The van der Waals surface area contributed by atoms with Crippen molar-refractivity contribution in [2.45, 2.75) is 0 Å². The monoisotopic (exact) mass is 205 g/mol. The minimum Gasteiger partial charge on any atom is -0.508 e. The molecule has 1 aromatic heterocycles. The van der Waals surface area contributed by atoms with Crippen molar-refractivity contribution < 1.29 is 9.63 Å². The molecular formula is C10H11N3O2. The lowest BCUT2D eigenvalue weighted by molar-refractivity contribution is 0.430. The SMILES string of the molecule is CN(C)c1noc(-c2ccc(O)cc2)n1. The van der Waals surface area contributed by atoms with Gasteiger partial charge in [-0.3, -0.25) is 0 Å². The van der Waals surface area contributed by atoms with Gasteiger partial charge in [-0.1, -0.05) is 0 Å². The fourth-order valence-electron chi connectivity index (χ4n) is 1.12. The third-order valence-corrected chi connectivity index (χ3v) is 1.93. The lowest BCUT2D eigenvalue weighted by Crippen LogP contribution is -2.09. The second-order valence-corrected chi connectivity index (χ2v) is 3.34. The molecule has 0 fully saturated rings. The summed E-state index contributed by atoms with van der Waals surface area (Å²) in [6.45, 7) is 0. The molecule has 2 rings (SSSR count). The normalized spacial score (nSPS) is 10.3. The van der Waals surface area contributed by atoms with Gasteiger partial charge in [0.1, 0.15) is 5.75 Å². The Hall–Kier alpha value is -2.04. The van der Waals surface area contributed by atoms with Gasteiger partial charge in [0.05, 0.1) is 0 Å². The van der Waals surface area contributed by atoms with Gasteiger partial charge >= 0.3 is 0 Å². The average molecular weight is 205 g/mol. The van der Waals surface area contributed by atoms with E-state index in [0.717, 1.165) is 5.56 Å². The fraction of sp³-hybridized carbons (Fsp3) is 0.200. The molecule has 1 heterocycles. The summed E-state index contributed by atoms with van der Waals surface area (Å²) in [6.07, 6.45) is 0. The van der Waals surface area contributed by atoms with Crippen molar-refractivity contribution in [3.63, 3.8) is 0 Å². The lowest BCUT2D eigenvalue weighted by atomic mass is 10.2. The number of phenolic OH excluding ortho intramolecular Hbond substituents is 1. The van der Waals surface area contributed by atoms with Crippen LogP contribution in [0.3, 0.4) is 0 Å². The van der Waals surface area contributed by atoms with Gasteiger partial charge in [0.2, 0.25) is 0 Å². The quantitative estimate of drug-likeness (QED) is 0.805. The Morgan fingerprint density at radius 2 is 1.87 bits per heavy atom. The highest BCUT2D eigenvalue weighted by Crippen LogP contribution is 2.21. The summed E-state index contributed by atoms with van der Waals surface area (Å²) in [5.41, 5.74) is 0.786. The van der Waals surface area contributed by atoms with Crippen LogP contribution >= 0.6 is 0 Å². The Morgan fingerprint density at radius 1 is 1.20 bits per heavy atom. The second kappa shape index (κ2) is 3.61. The number of rotatable bonds is 2. The molecular weight excluding hydrogens is 194 g/mol. The van der Waals surface area contributed by atoms with Crippen LogP contribution in [-0.2, 0) is 0 Å². The van der Waals surface area contributed by atoms with Gasteiger partial charge in [0, 0.05) is 19.7 Å². The predicted molar refractivity (Wildman–Crippen MR) is 55.7 cm³/mol.